The monoisotopic (exact) mass is 374 g/mol. The number of halogens is 2. The molecule has 1 heterocycles. The topological polar surface area (TPSA) is 60.9 Å². The lowest BCUT2D eigenvalue weighted by Crippen LogP contribution is -2.56. The van der Waals surface area contributed by atoms with Crippen molar-refractivity contribution >= 4 is 39.5 Å². The summed E-state index contributed by atoms with van der Waals surface area (Å²) in [5, 5.41) is 9.84. The van der Waals surface area contributed by atoms with Crippen molar-refractivity contribution in [2.75, 3.05) is 13.1 Å². The largest absolute Gasteiger partial charge is 0.465 e. The van der Waals surface area contributed by atoms with Crippen molar-refractivity contribution in [2.45, 2.75) is 25.9 Å². The molecule has 2 atom stereocenters. The van der Waals surface area contributed by atoms with Crippen LogP contribution in [-0.2, 0) is 4.79 Å². The van der Waals surface area contributed by atoms with E-state index in [4.69, 9.17) is 11.6 Å². The molecule has 0 aromatic heterocycles. The van der Waals surface area contributed by atoms with Crippen molar-refractivity contribution < 1.29 is 14.7 Å². The van der Waals surface area contributed by atoms with Gasteiger partial charge in [-0.15, -0.1) is 0 Å². The maximum absolute atomic E-state index is 11.9. The third-order valence-corrected chi connectivity index (χ3v) is 4.42. The van der Waals surface area contributed by atoms with Crippen molar-refractivity contribution in [1.29, 1.82) is 0 Å². The highest BCUT2D eigenvalue weighted by Gasteiger charge is 2.38. The van der Waals surface area contributed by atoms with Gasteiger partial charge in [-0.05, 0) is 30.7 Å². The lowest BCUT2D eigenvalue weighted by Gasteiger charge is -2.45. The molecule has 21 heavy (non-hydrogen) atoms. The molecule has 1 fully saturated rings. The van der Waals surface area contributed by atoms with E-state index >= 15 is 0 Å². The van der Waals surface area contributed by atoms with Crippen molar-refractivity contribution in [3.8, 4) is 0 Å². The van der Waals surface area contributed by atoms with E-state index in [1.165, 1.54) is 11.8 Å². The summed E-state index contributed by atoms with van der Waals surface area (Å²) in [6, 6.07) is 4.71. The van der Waals surface area contributed by atoms with E-state index in [2.05, 4.69) is 15.9 Å². The molecule has 2 unspecified atom stereocenters. The van der Waals surface area contributed by atoms with Gasteiger partial charge in [-0.3, -0.25) is 4.79 Å². The smallest absolute Gasteiger partial charge is 0.407 e. The fourth-order valence-corrected chi connectivity index (χ4v) is 3.70. The van der Waals surface area contributed by atoms with Gasteiger partial charge in [0.25, 0.3) is 0 Å². The first kappa shape index (κ1) is 16.1. The Labute approximate surface area is 136 Å². The molecule has 2 amide bonds. The average Bonchev–Trinajstić information content (AvgIpc) is 2.36. The normalized spacial score (nSPS) is 22.3. The van der Waals surface area contributed by atoms with Gasteiger partial charge in [-0.1, -0.05) is 27.5 Å². The highest BCUT2D eigenvalue weighted by atomic mass is 79.9. The Morgan fingerprint density at radius 1 is 1.29 bits per heavy atom. The zero-order chi connectivity index (χ0) is 15.7. The Hall–Kier alpha value is -1.27. The van der Waals surface area contributed by atoms with Crippen LogP contribution in [0.5, 0.6) is 0 Å². The Bertz CT molecular complexity index is 561. The molecule has 0 radical (unpaired) electrons. The van der Waals surface area contributed by atoms with Gasteiger partial charge in [-0.25, -0.2) is 4.79 Å². The summed E-state index contributed by atoms with van der Waals surface area (Å²) in [5.74, 6) is -0.0759. The van der Waals surface area contributed by atoms with Gasteiger partial charge in [0.2, 0.25) is 5.91 Å². The predicted octanol–water partition coefficient (Wildman–Crippen LogP) is 3.37. The van der Waals surface area contributed by atoms with Gasteiger partial charge in [0, 0.05) is 29.5 Å². The Balaban J connectivity index is 2.46. The van der Waals surface area contributed by atoms with E-state index in [9.17, 15) is 14.7 Å². The number of amides is 2. The summed E-state index contributed by atoms with van der Waals surface area (Å²) < 4.78 is 0.799. The van der Waals surface area contributed by atoms with Crippen LogP contribution in [0.25, 0.3) is 0 Å². The van der Waals surface area contributed by atoms with Crippen LogP contribution in [0.2, 0.25) is 5.02 Å². The number of piperazine rings is 1. The molecule has 7 heteroatoms. The third kappa shape index (κ3) is 3.32. The molecule has 114 valence electrons. The maximum atomic E-state index is 11.9. The van der Waals surface area contributed by atoms with Gasteiger partial charge in [0.1, 0.15) is 0 Å². The zero-order valence-electron chi connectivity index (χ0n) is 11.7. The van der Waals surface area contributed by atoms with Gasteiger partial charge in [0.15, 0.2) is 0 Å². The predicted molar refractivity (Wildman–Crippen MR) is 83.5 cm³/mol. The van der Waals surface area contributed by atoms with E-state index in [0.717, 1.165) is 10.0 Å². The van der Waals surface area contributed by atoms with Gasteiger partial charge in [0.05, 0.1) is 12.1 Å². The minimum Gasteiger partial charge on any atom is -0.465 e. The number of rotatable bonds is 1. The van der Waals surface area contributed by atoms with Crippen LogP contribution < -0.4 is 0 Å². The van der Waals surface area contributed by atoms with Crippen LogP contribution in [0.15, 0.2) is 22.7 Å². The third-order valence-electron chi connectivity index (χ3n) is 3.74. The molecular formula is C14H16BrClN2O3. The molecule has 1 aliphatic heterocycles. The molecule has 1 N–H and O–H groups in total. The molecule has 1 aromatic rings. The SMILES string of the molecule is CC(=O)N1CCN(C(=O)O)C(C)C1c1cc(Cl)cc(Br)c1. The van der Waals surface area contributed by atoms with Crippen molar-refractivity contribution in [3.63, 3.8) is 0 Å². The molecule has 1 saturated heterocycles. The van der Waals surface area contributed by atoms with Crippen LogP contribution in [0, 0.1) is 0 Å². The maximum Gasteiger partial charge on any atom is 0.407 e. The van der Waals surface area contributed by atoms with Crippen LogP contribution in [0.1, 0.15) is 25.5 Å². The minimum absolute atomic E-state index is 0.0759. The van der Waals surface area contributed by atoms with E-state index in [1.807, 2.05) is 13.0 Å². The molecule has 0 bridgehead atoms. The second kappa shape index (κ2) is 6.23. The number of hydrogen-bond donors (Lipinski definition) is 1. The first-order chi connectivity index (χ1) is 9.81. The van der Waals surface area contributed by atoms with E-state index in [-0.39, 0.29) is 18.0 Å². The van der Waals surface area contributed by atoms with E-state index in [1.54, 1.807) is 17.0 Å². The average molecular weight is 376 g/mol. The summed E-state index contributed by atoms with van der Waals surface area (Å²) in [5.41, 5.74) is 0.822. The number of carbonyl (C=O) groups excluding carboxylic acids is 1. The summed E-state index contributed by atoms with van der Waals surface area (Å²) >= 11 is 9.46. The number of hydrogen-bond acceptors (Lipinski definition) is 2. The van der Waals surface area contributed by atoms with Crippen LogP contribution in [0.3, 0.4) is 0 Å². The van der Waals surface area contributed by atoms with Crippen LogP contribution >= 0.6 is 27.5 Å². The van der Waals surface area contributed by atoms with Crippen molar-refractivity contribution in [3.05, 3.63) is 33.3 Å². The molecule has 2 rings (SSSR count). The quantitative estimate of drug-likeness (QED) is 0.818. The number of carbonyl (C=O) groups is 2. The fraction of sp³-hybridized carbons (Fsp3) is 0.429. The van der Waals surface area contributed by atoms with Gasteiger partial charge < -0.3 is 14.9 Å². The Kier molecular flexibility index (Phi) is 4.78. The zero-order valence-corrected chi connectivity index (χ0v) is 14.1. The highest BCUT2D eigenvalue weighted by molar-refractivity contribution is 9.10. The summed E-state index contributed by atoms with van der Waals surface area (Å²) in [6.45, 7) is 3.99. The fourth-order valence-electron chi connectivity index (χ4n) is 2.82. The van der Waals surface area contributed by atoms with Crippen molar-refractivity contribution in [1.82, 2.24) is 9.80 Å². The standard InChI is InChI=1S/C14H16BrClN2O3/c1-8-13(10-5-11(15)7-12(16)6-10)18(9(2)19)4-3-17(8)14(20)21/h5-8,13H,3-4H2,1-2H3,(H,20,21). The molecule has 0 saturated carbocycles. The second-order valence-corrected chi connectivity index (χ2v) is 6.43. The van der Waals surface area contributed by atoms with E-state index in [0.29, 0.717) is 18.1 Å². The lowest BCUT2D eigenvalue weighted by molar-refractivity contribution is -0.135. The number of carboxylic acid groups (broad SMARTS) is 1. The van der Waals surface area contributed by atoms with Crippen molar-refractivity contribution in [2.24, 2.45) is 0 Å². The molecule has 1 aromatic carbocycles. The minimum atomic E-state index is -0.975. The second-order valence-electron chi connectivity index (χ2n) is 5.08. The highest BCUT2D eigenvalue weighted by Crippen LogP contribution is 2.34. The first-order valence-corrected chi connectivity index (χ1v) is 7.71. The molecule has 0 aliphatic carbocycles. The number of benzene rings is 1. The number of nitrogens with zero attached hydrogens (tertiary/aromatic N) is 2. The summed E-state index contributed by atoms with van der Waals surface area (Å²) in [7, 11) is 0. The van der Waals surface area contributed by atoms with Gasteiger partial charge in [-0.2, -0.15) is 0 Å². The Morgan fingerprint density at radius 2 is 1.90 bits per heavy atom. The molecule has 1 aliphatic rings. The van der Waals surface area contributed by atoms with E-state index < -0.39 is 6.09 Å². The lowest BCUT2D eigenvalue weighted by atomic mass is 9.95. The first-order valence-electron chi connectivity index (χ1n) is 6.54. The molecule has 5 nitrogen and oxygen atoms in total. The van der Waals surface area contributed by atoms with Crippen LogP contribution in [-0.4, -0.2) is 46.0 Å². The molecule has 0 spiro atoms. The van der Waals surface area contributed by atoms with Gasteiger partial charge >= 0.3 is 6.09 Å². The van der Waals surface area contributed by atoms with Crippen LogP contribution in [0.4, 0.5) is 4.79 Å². The summed E-state index contributed by atoms with van der Waals surface area (Å²) in [6.07, 6.45) is -0.975. The summed E-state index contributed by atoms with van der Waals surface area (Å²) in [4.78, 5) is 26.3. The molecular weight excluding hydrogens is 360 g/mol. The Morgan fingerprint density at radius 3 is 2.43 bits per heavy atom.